The molecule has 5 heteroatoms. The van der Waals surface area contributed by atoms with Crippen molar-refractivity contribution in [1.29, 1.82) is 0 Å². The van der Waals surface area contributed by atoms with Crippen LogP contribution in [0.1, 0.15) is 43.5 Å². The van der Waals surface area contributed by atoms with E-state index in [-0.39, 0.29) is 11.6 Å². The van der Waals surface area contributed by atoms with Gasteiger partial charge in [-0.15, -0.1) is 13.2 Å². The second kappa shape index (κ2) is 8.21. The van der Waals surface area contributed by atoms with Crippen LogP contribution in [0.15, 0.2) is 48.5 Å². The van der Waals surface area contributed by atoms with Crippen molar-refractivity contribution < 1.29 is 9.53 Å². The molecule has 0 aliphatic carbocycles. The summed E-state index contributed by atoms with van der Waals surface area (Å²) in [6.07, 6.45) is 4.94. The van der Waals surface area contributed by atoms with Gasteiger partial charge in [-0.25, -0.2) is 4.79 Å². The molecule has 0 saturated heterocycles. The maximum Gasteiger partial charge on any atom is 0.413 e. The number of carbonyl (C=O) groups is 1. The minimum Gasteiger partial charge on any atom is -0.453 e. The second-order valence-corrected chi connectivity index (χ2v) is 7.31. The number of alkyl carbamates (subject to hydrolysis) is 1. The Labute approximate surface area is 156 Å². The van der Waals surface area contributed by atoms with Gasteiger partial charge in [-0.05, 0) is 50.3 Å². The first kappa shape index (κ1) is 19.8. The third-order valence-corrected chi connectivity index (χ3v) is 4.46. The molecule has 0 spiro atoms. The molecule has 0 fully saturated rings. The summed E-state index contributed by atoms with van der Waals surface area (Å²) in [4.78, 5) is 18.5. The molecule has 1 N–H and O–H groups in total. The van der Waals surface area contributed by atoms with Gasteiger partial charge in [0.1, 0.15) is 0 Å². The molecule has 5 nitrogen and oxygen atoms in total. The Morgan fingerprint density at radius 2 is 2.04 bits per heavy atom. The van der Waals surface area contributed by atoms with Crippen LogP contribution in [0.5, 0.6) is 0 Å². The number of guanidine groups is 1. The van der Waals surface area contributed by atoms with E-state index in [1.165, 1.54) is 23.8 Å². The van der Waals surface area contributed by atoms with E-state index in [0.717, 1.165) is 12.8 Å². The van der Waals surface area contributed by atoms with Crippen molar-refractivity contribution in [2.75, 3.05) is 13.7 Å². The molecule has 1 atom stereocenters. The molecule has 1 aliphatic heterocycles. The molecule has 0 bridgehead atoms. The molecule has 0 radical (unpaired) electrons. The first-order chi connectivity index (χ1) is 12.3. The van der Waals surface area contributed by atoms with E-state index in [4.69, 9.17) is 4.74 Å². The number of benzene rings is 1. The lowest BCUT2D eigenvalue weighted by atomic mass is 9.90. The summed E-state index contributed by atoms with van der Waals surface area (Å²) in [5.74, 6) is 0.549. The Morgan fingerprint density at radius 3 is 2.62 bits per heavy atom. The monoisotopic (exact) mass is 355 g/mol. The van der Waals surface area contributed by atoms with Crippen LogP contribution in [-0.4, -0.2) is 36.1 Å². The predicted molar refractivity (Wildman–Crippen MR) is 106 cm³/mol. The molecule has 2 rings (SSSR count). The summed E-state index contributed by atoms with van der Waals surface area (Å²) in [6.45, 7) is 14.7. The van der Waals surface area contributed by atoms with Crippen LogP contribution in [0.25, 0.3) is 0 Å². The van der Waals surface area contributed by atoms with Crippen molar-refractivity contribution in [3.8, 4) is 0 Å². The Hall–Kier alpha value is -2.56. The van der Waals surface area contributed by atoms with Crippen molar-refractivity contribution in [2.24, 2.45) is 4.99 Å². The van der Waals surface area contributed by atoms with Crippen molar-refractivity contribution in [1.82, 2.24) is 10.2 Å². The maximum atomic E-state index is 11.7. The average molecular weight is 355 g/mol. The van der Waals surface area contributed by atoms with Crippen molar-refractivity contribution >= 4 is 12.1 Å². The van der Waals surface area contributed by atoms with Gasteiger partial charge in [-0.3, -0.25) is 10.3 Å². The third-order valence-electron chi connectivity index (χ3n) is 4.46. The predicted octanol–water partition coefficient (Wildman–Crippen LogP) is 4.01. The molecule has 1 aromatic rings. The zero-order valence-electron chi connectivity index (χ0n) is 16.2. The van der Waals surface area contributed by atoms with Gasteiger partial charge < -0.3 is 9.64 Å². The van der Waals surface area contributed by atoms with E-state index in [1.807, 2.05) is 12.2 Å². The van der Waals surface area contributed by atoms with Crippen LogP contribution in [0.2, 0.25) is 0 Å². The van der Waals surface area contributed by atoms with Gasteiger partial charge in [0.2, 0.25) is 5.96 Å². The van der Waals surface area contributed by atoms with Crippen LogP contribution >= 0.6 is 0 Å². The number of amides is 1. The van der Waals surface area contributed by atoms with Gasteiger partial charge >= 0.3 is 6.09 Å². The summed E-state index contributed by atoms with van der Waals surface area (Å²) in [6, 6.07) is 6.40. The van der Waals surface area contributed by atoms with E-state index in [0.29, 0.717) is 12.5 Å². The second-order valence-electron chi connectivity index (χ2n) is 7.31. The van der Waals surface area contributed by atoms with Gasteiger partial charge in [0, 0.05) is 5.54 Å². The van der Waals surface area contributed by atoms with E-state index in [2.05, 4.69) is 67.3 Å². The minimum absolute atomic E-state index is 0.0434. The lowest BCUT2D eigenvalue weighted by molar-refractivity contribution is 0.166. The van der Waals surface area contributed by atoms with Crippen molar-refractivity contribution in [3.63, 3.8) is 0 Å². The summed E-state index contributed by atoms with van der Waals surface area (Å²) in [5.41, 5.74) is 3.50. The molecule has 1 amide bonds. The fraction of sp³-hybridized carbons (Fsp3) is 0.429. The van der Waals surface area contributed by atoms with Crippen LogP contribution in [0, 0.1) is 0 Å². The SMILES string of the molecule is C=CCc1cccc(C2CN=C(NC(=O)OC)N2C(C)(C)C)c1CC=C. The zero-order chi connectivity index (χ0) is 19.3. The molecule has 0 saturated carbocycles. The van der Waals surface area contributed by atoms with Crippen molar-refractivity contribution in [2.45, 2.75) is 45.2 Å². The molecule has 1 aromatic carbocycles. The van der Waals surface area contributed by atoms with E-state index in [1.54, 1.807) is 0 Å². The van der Waals surface area contributed by atoms with E-state index < -0.39 is 6.09 Å². The molecule has 140 valence electrons. The number of nitrogens with zero attached hydrogens (tertiary/aromatic N) is 2. The minimum atomic E-state index is -0.509. The van der Waals surface area contributed by atoms with Crippen LogP contribution < -0.4 is 5.32 Å². The highest BCUT2D eigenvalue weighted by atomic mass is 16.5. The molecular weight excluding hydrogens is 326 g/mol. The molecule has 1 unspecified atom stereocenters. The number of carbonyl (C=O) groups excluding carboxylic acids is 1. The van der Waals surface area contributed by atoms with Crippen molar-refractivity contribution in [3.05, 3.63) is 60.2 Å². The van der Waals surface area contributed by atoms with E-state index >= 15 is 0 Å². The highest BCUT2D eigenvalue weighted by molar-refractivity contribution is 5.95. The molecule has 26 heavy (non-hydrogen) atoms. The summed E-state index contributed by atoms with van der Waals surface area (Å²) in [5, 5.41) is 2.75. The lowest BCUT2D eigenvalue weighted by Gasteiger charge is -2.40. The largest absolute Gasteiger partial charge is 0.453 e. The summed E-state index contributed by atoms with van der Waals surface area (Å²) >= 11 is 0. The third kappa shape index (κ3) is 4.15. The topological polar surface area (TPSA) is 53.9 Å². The van der Waals surface area contributed by atoms with Crippen LogP contribution in [0.4, 0.5) is 4.79 Å². The fourth-order valence-electron chi connectivity index (χ4n) is 3.45. The normalized spacial score (nSPS) is 16.8. The number of hydrogen-bond donors (Lipinski definition) is 1. The number of allylic oxidation sites excluding steroid dienone is 2. The smallest absolute Gasteiger partial charge is 0.413 e. The lowest BCUT2D eigenvalue weighted by Crippen LogP contribution is -2.51. The molecule has 1 heterocycles. The van der Waals surface area contributed by atoms with Gasteiger partial charge in [0.15, 0.2) is 0 Å². The number of methoxy groups -OCH3 is 1. The van der Waals surface area contributed by atoms with Gasteiger partial charge in [0.25, 0.3) is 0 Å². The Bertz CT molecular complexity index is 716. The summed E-state index contributed by atoms with van der Waals surface area (Å²) < 4.78 is 4.75. The average Bonchev–Trinajstić information content (AvgIpc) is 3.00. The fourth-order valence-corrected chi connectivity index (χ4v) is 3.45. The molecular formula is C21H29N3O2. The Kier molecular flexibility index (Phi) is 6.24. The number of nitrogens with one attached hydrogen (secondary N) is 1. The number of aliphatic imine (C=N–C) groups is 1. The molecule has 1 aliphatic rings. The molecule has 0 aromatic heterocycles. The van der Waals surface area contributed by atoms with E-state index in [9.17, 15) is 4.79 Å². The van der Waals surface area contributed by atoms with Gasteiger partial charge in [-0.1, -0.05) is 30.4 Å². The maximum absolute atomic E-state index is 11.7. The first-order valence-corrected chi connectivity index (χ1v) is 8.84. The van der Waals surface area contributed by atoms with Crippen LogP contribution in [-0.2, 0) is 17.6 Å². The highest BCUT2D eigenvalue weighted by Gasteiger charge is 2.38. The van der Waals surface area contributed by atoms with Gasteiger partial charge in [0.05, 0.1) is 19.7 Å². The Balaban J connectivity index is 2.47. The number of ether oxygens (including phenoxy) is 1. The Morgan fingerprint density at radius 1 is 1.35 bits per heavy atom. The van der Waals surface area contributed by atoms with Crippen LogP contribution in [0.3, 0.4) is 0 Å². The zero-order valence-corrected chi connectivity index (χ0v) is 16.2. The first-order valence-electron chi connectivity index (χ1n) is 8.84. The number of rotatable bonds is 5. The van der Waals surface area contributed by atoms with Gasteiger partial charge in [-0.2, -0.15) is 0 Å². The summed E-state index contributed by atoms with van der Waals surface area (Å²) in [7, 11) is 1.35. The number of hydrogen-bond acceptors (Lipinski definition) is 4. The standard InChI is InChI=1S/C21H29N3O2/c1-7-10-15-12-9-13-17(16(15)11-8-2)18-14-22-19(23-20(25)26-6)24(18)21(3,4)5/h7-9,12-13,18H,1-2,10-11,14H2,3-6H3,(H,22,23,25). The highest BCUT2D eigenvalue weighted by Crippen LogP contribution is 2.35. The quantitative estimate of drug-likeness (QED) is 0.812.